The number of carbonyl (C=O) groups is 2. The highest BCUT2D eigenvalue weighted by Gasteiger charge is 2.34. The van der Waals surface area contributed by atoms with Gasteiger partial charge in [0.15, 0.2) is 0 Å². The predicted octanol–water partition coefficient (Wildman–Crippen LogP) is 6.17. The summed E-state index contributed by atoms with van der Waals surface area (Å²) in [5.41, 5.74) is 0.940. The second-order valence-electron chi connectivity index (χ2n) is 9.18. The van der Waals surface area contributed by atoms with E-state index in [1.807, 2.05) is 13.8 Å². The molecule has 3 aromatic carbocycles. The number of hydrogen-bond donors (Lipinski definition) is 1. The molecule has 0 saturated heterocycles. The summed E-state index contributed by atoms with van der Waals surface area (Å²) >= 11 is 18.2. The molecule has 0 spiro atoms. The fourth-order valence-corrected chi connectivity index (χ4v) is 5.82. The van der Waals surface area contributed by atoms with Gasteiger partial charge in [0.25, 0.3) is 10.0 Å². The maximum Gasteiger partial charge on any atom is 0.264 e. The van der Waals surface area contributed by atoms with E-state index in [-0.39, 0.29) is 29.1 Å². The average Bonchev–Trinajstić information content (AvgIpc) is 2.88. The monoisotopic (exact) mass is 609 g/mol. The van der Waals surface area contributed by atoms with Crippen molar-refractivity contribution in [3.05, 3.63) is 93.4 Å². The molecule has 0 saturated carbocycles. The zero-order valence-electron chi connectivity index (χ0n) is 21.8. The van der Waals surface area contributed by atoms with Crippen LogP contribution in [0.15, 0.2) is 77.7 Å². The zero-order valence-corrected chi connectivity index (χ0v) is 24.9. The van der Waals surface area contributed by atoms with Gasteiger partial charge in [0, 0.05) is 27.7 Å². The number of anilines is 1. The molecule has 0 aliphatic rings. The standard InChI is InChI=1S/C28H30Cl3N3O4S/c1-4-26(28(36)32-19(2)3)33(17-20-8-10-21(29)11-9-20)27(35)18-34(24-7-5-6-23(31)16-24)39(37,38)25-14-12-22(30)13-15-25/h5-16,19,26H,4,17-18H2,1-3H3,(H,32,36)/t26-/m1/s1. The van der Waals surface area contributed by atoms with E-state index in [4.69, 9.17) is 34.8 Å². The summed E-state index contributed by atoms with van der Waals surface area (Å²) in [5.74, 6) is -0.891. The molecule has 0 aromatic heterocycles. The molecule has 2 amide bonds. The molecule has 0 aliphatic carbocycles. The van der Waals surface area contributed by atoms with Crippen molar-refractivity contribution < 1.29 is 18.0 Å². The minimum Gasteiger partial charge on any atom is -0.352 e. The van der Waals surface area contributed by atoms with Crippen LogP contribution in [0.4, 0.5) is 5.69 Å². The van der Waals surface area contributed by atoms with E-state index < -0.39 is 28.5 Å². The zero-order chi connectivity index (χ0) is 28.7. The van der Waals surface area contributed by atoms with E-state index in [2.05, 4.69) is 5.32 Å². The molecule has 11 heteroatoms. The molecule has 0 bridgehead atoms. The summed E-state index contributed by atoms with van der Waals surface area (Å²) in [6, 6.07) is 17.8. The minimum atomic E-state index is -4.22. The minimum absolute atomic E-state index is 0.0477. The molecule has 7 nitrogen and oxygen atoms in total. The molecular formula is C28H30Cl3N3O4S. The Morgan fingerprint density at radius 3 is 2.00 bits per heavy atom. The predicted molar refractivity (Wildman–Crippen MR) is 157 cm³/mol. The summed E-state index contributed by atoms with van der Waals surface area (Å²) in [4.78, 5) is 28.5. The van der Waals surface area contributed by atoms with Crippen LogP contribution in [-0.4, -0.2) is 43.8 Å². The maximum atomic E-state index is 14.0. The van der Waals surface area contributed by atoms with Crippen molar-refractivity contribution in [3.8, 4) is 0 Å². The van der Waals surface area contributed by atoms with E-state index in [0.717, 1.165) is 9.87 Å². The van der Waals surface area contributed by atoms with Gasteiger partial charge >= 0.3 is 0 Å². The van der Waals surface area contributed by atoms with Crippen LogP contribution in [0, 0.1) is 0 Å². The highest BCUT2D eigenvalue weighted by atomic mass is 35.5. The van der Waals surface area contributed by atoms with E-state index in [1.54, 1.807) is 49.4 Å². The lowest BCUT2D eigenvalue weighted by Gasteiger charge is -2.33. The number of nitrogens with one attached hydrogen (secondary N) is 1. The van der Waals surface area contributed by atoms with E-state index in [0.29, 0.717) is 21.5 Å². The van der Waals surface area contributed by atoms with E-state index in [1.165, 1.54) is 35.2 Å². The molecule has 3 rings (SSSR count). The Morgan fingerprint density at radius 2 is 1.46 bits per heavy atom. The van der Waals surface area contributed by atoms with Crippen molar-refractivity contribution >= 4 is 62.3 Å². The first kappa shape index (κ1) is 30.8. The number of carbonyl (C=O) groups excluding carboxylic acids is 2. The molecule has 1 N–H and O–H groups in total. The molecule has 0 unspecified atom stereocenters. The van der Waals surface area contributed by atoms with Crippen LogP contribution in [0.2, 0.25) is 15.1 Å². The number of rotatable bonds is 11. The molecule has 0 heterocycles. The molecule has 0 radical (unpaired) electrons. The number of nitrogens with zero attached hydrogens (tertiary/aromatic N) is 2. The molecule has 1 atom stereocenters. The van der Waals surface area contributed by atoms with Gasteiger partial charge in [-0.1, -0.05) is 59.9 Å². The summed E-state index contributed by atoms with van der Waals surface area (Å²) in [5, 5.41) is 4.07. The van der Waals surface area contributed by atoms with Crippen molar-refractivity contribution in [2.45, 2.75) is 50.7 Å². The Kier molecular flexibility index (Phi) is 10.7. The lowest BCUT2D eigenvalue weighted by atomic mass is 10.1. The lowest BCUT2D eigenvalue weighted by Crippen LogP contribution is -2.53. The summed E-state index contributed by atoms with van der Waals surface area (Å²) in [6.07, 6.45) is 0.318. The number of amides is 2. The number of benzene rings is 3. The topological polar surface area (TPSA) is 86.8 Å². The van der Waals surface area contributed by atoms with E-state index in [9.17, 15) is 18.0 Å². The Morgan fingerprint density at radius 1 is 0.872 bits per heavy atom. The number of sulfonamides is 1. The Labute approximate surface area is 244 Å². The van der Waals surface area contributed by atoms with Gasteiger partial charge < -0.3 is 10.2 Å². The van der Waals surface area contributed by atoms with Gasteiger partial charge in [-0.2, -0.15) is 0 Å². The van der Waals surface area contributed by atoms with Crippen molar-refractivity contribution in [3.63, 3.8) is 0 Å². The van der Waals surface area contributed by atoms with Gasteiger partial charge in [-0.15, -0.1) is 0 Å². The van der Waals surface area contributed by atoms with Gasteiger partial charge in [-0.3, -0.25) is 13.9 Å². The van der Waals surface area contributed by atoms with Crippen molar-refractivity contribution in [2.24, 2.45) is 0 Å². The second kappa shape index (κ2) is 13.5. The first-order valence-corrected chi connectivity index (χ1v) is 14.9. The Hall–Kier alpha value is -2.78. The van der Waals surface area contributed by atoms with Crippen molar-refractivity contribution in [1.29, 1.82) is 0 Å². The van der Waals surface area contributed by atoms with Gasteiger partial charge in [-0.05, 0) is 80.4 Å². The highest BCUT2D eigenvalue weighted by Crippen LogP contribution is 2.28. The van der Waals surface area contributed by atoms with E-state index >= 15 is 0 Å². The fraction of sp³-hybridized carbons (Fsp3) is 0.286. The maximum absolute atomic E-state index is 14.0. The van der Waals surface area contributed by atoms with Gasteiger partial charge in [0.1, 0.15) is 12.6 Å². The van der Waals surface area contributed by atoms with Crippen LogP contribution in [0.3, 0.4) is 0 Å². The Balaban J connectivity index is 2.06. The number of halogens is 3. The van der Waals surface area contributed by atoms with Crippen LogP contribution in [0.1, 0.15) is 32.8 Å². The lowest BCUT2D eigenvalue weighted by molar-refractivity contribution is -0.140. The summed E-state index contributed by atoms with van der Waals surface area (Å²) in [6.45, 7) is 4.96. The summed E-state index contributed by atoms with van der Waals surface area (Å²) < 4.78 is 28.6. The van der Waals surface area contributed by atoms with Crippen LogP contribution >= 0.6 is 34.8 Å². The van der Waals surface area contributed by atoms with Crippen LogP contribution < -0.4 is 9.62 Å². The van der Waals surface area contributed by atoms with Crippen molar-refractivity contribution in [2.75, 3.05) is 10.8 Å². The van der Waals surface area contributed by atoms with Gasteiger partial charge in [0.2, 0.25) is 11.8 Å². The molecular weight excluding hydrogens is 581 g/mol. The fourth-order valence-electron chi connectivity index (χ4n) is 3.98. The first-order chi connectivity index (χ1) is 18.4. The van der Waals surface area contributed by atoms with Gasteiger partial charge in [-0.25, -0.2) is 8.42 Å². The first-order valence-electron chi connectivity index (χ1n) is 12.3. The van der Waals surface area contributed by atoms with Gasteiger partial charge in [0.05, 0.1) is 10.6 Å². The molecule has 208 valence electrons. The molecule has 0 fully saturated rings. The van der Waals surface area contributed by atoms with Crippen LogP contribution in [0.25, 0.3) is 0 Å². The molecule has 39 heavy (non-hydrogen) atoms. The average molecular weight is 611 g/mol. The van der Waals surface area contributed by atoms with Crippen molar-refractivity contribution in [1.82, 2.24) is 10.2 Å². The third-order valence-corrected chi connectivity index (χ3v) is 8.39. The third kappa shape index (κ3) is 8.11. The highest BCUT2D eigenvalue weighted by molar-refractivity contribution is 7.92. The largest absolute Gasteiger partial charge is 0.352 e. The second-order valence-corrected chi connectivity index (χ2v) is 12.4. The number of hydrogen-bond acceptors (Lipinski definition) is 4. The van der Waals surface area contributed by atoms with Crippen LogP contribution in [-0.2, 0) is 26.2 Å². The molecule has 0 aliphatic heterocycles. The smallest absolute Gasteiger partial charge is 0.264 e. The molecule has 3 aromatic rings. The quantitative estimate of drug-likeness (QED) is 0.281. The SMILES string of the molecule is CC[C@H](C(=O)NC(C)C)N(Cc1ccc(Cl)cc1)C(=O)CN(c1cccc(Cl)c1)S(=O)(=O)c1ccc(Cl)cc1. The Bertz CT molecular complexity index is 1400. The summed E-state index contributed by atoms with van der Waals surface area (Å²) in [7, 11) is -4.22. The third-order valence-electron chi connectivity index (χ3n) is 5.86. The van der Waals surface area contributed by atoms with Crippen LogP contribution in [0.5, 0.6) is 0 Å². The normalized spacial score (nSPS) is 12.2.